The third kappa shape index (κ3) is 2.28. The van der Waals surface area contributed by atoms with E-state index in [9.17, 15) is 14.7 Å². The predicted molar refractivity (Wildman–Crippen MR) is 70.4 cm³/mol. The summed E-state index contributed by atoms with van der Waals surface area (Å²) in [6.07, 6.45) is 10.5. The van der Waals surface area contributed by atoms with Crippen molar-refractivity contribution in [2.45, 2.75) is 44.6 Å². The zero-order valence-electron chi connectivity index (χ0n) is 11.0. The molecular formula is C15H21NO3. The topological polar surface area (TPSA) is 66.4 Å². The first-order valence-corrected chi connectivity index (χ1v) is 7.38. The Morgan fingerprint density at radius 1 is 1.00 bits per heavy atom. The number of amides is 1. The van der Waals surface area contributed by atoms with Gasteiger partial charge in [-0.3, -0.25) is 9.59 Å². The molecule has 3 aliphatic rings. The largest absolute Gasteiger partial charge is 0.481 e. The van der Waals surface area contributed by atoms with E-state index in [2.05, 4.69) is 5.32 Å². The first-order valence-electron chi connectivity index (χ1n) is 7.38. The van der Waals surface area contributed by atoms with Crippen LogP contribution in [0.1, 0.15) is 38.5 Å². The van der Waals surface area contributed by atoms with Crippen molar-refractivity contribution in [3.05, 3.63) is 12.2 Å². The van der Waals surface area contributed by atoms with Crippen molar-refractivity contribution >= 4 is 11.9 Å². The van der Waals surface area contributed by atoms with Crippen molar-refractivity contribution < 1.29 is 14.7 Å². The van der Waals surface area contributed by atoms with Gasteiger partial charge in [0.1, 0.15) is 0 Å². The molecule has 0 aromatic rings. The molecule has 2 fully saturated rings. The summed E-state index contributed by atoms with van der Waals surface area (Å²) in [5.41, 5.74) is 0. The number of carbonyl (C=O) groups is 2. The van der Waals surface area contributed by atoms with Gasteiger partial charge in [0.25, 0.3) is 0 Å². The number of hydrogen-bond acceptors (Lipinski definition) is 2. The van der Waals surface area contributed by atoms with Gasteiger partial charge in [-0.05, 0) is 31.1 Å². The van der Waals surface area contributed by atoms with Gasteiger partial charge in [-0.2, -0.15) is 0 Å². The monoisotopic (exact) mass is 263 g/mol. The fourth-order valence-corrected chi connectivity index (χ4v) is 4.06. The molecule has 0 aliphatic heterocycles. The summed E-state index contributed by atoms with van der Waals surface area (Å²) in [6, 6.07) is 0.263. The average Bonchev–Trinajstić information content (AvgIpc) is 2.99. The van der Waals surface area contributed by atoms with E-state index in [1.165, 1.54) is 19.3 Å². The molecule has 1 amide bonds. The van der Waals surface area contributed by atoms with E-state index in [1.54, 1.807) is 0 Å². The van der Waals surface area contributed by atoms with Gasteiger partial charge in [0, 0.05) is 6.04 Å². The van der Waals surface area contributed by atoms with Crippen LogP contribution in [-0.2, 0) is 9.59 Å². The number of rotatable bonds is 3. The van der Waals surface area contributed by atoms with Gasteiger partial charge in [0.15, 0.2) is 0 Å². The molecule has 2 bridgehead atoms. The van der Waals surface area contributed by atoms with Gasteiger partial charge in [0.05, 0.1) is 11.8 Å². The van der Waals surface area contributed by atoms with Crippen LogP contribution < -0.4 is 5.32 Å². The molecule has 104 valence electrons. The van der Waals surface area contributed by atoms with E-state index >= 15 is 0 Å². The van der Waals surface area contributed by atoms with Crippen LogP contribution in [0, 0.1) is 23.7 Å². The molecular weight excluding hydrogens is 242 g/mol. The first kappa shape index (κ1) is 12.7. The van der Waals surface area contributed by atoms with Crippen LogP contribution in [-0.4, -0.2) is 23.0 Å². The molecule has 3 aliphatic carbocycles. The lowest BCUT2D eigenvalue weighted by Crippen LogP contribution is -2.45. The Labute approximate surface area is 113 Å². The molecule has 0 aromatic carbocycles. The van der Waals surface area contributed by atoms with Crippen LogP contribution in [0.2, 0.25) is 0 Å². The number of carboxylic acid groups (broad SMARTS) is 1. The highest BCUT2D eigenvalue weighted by molar-refractivity contribution is 5.87. The van der Waals surface area contributed by atoms with Crippen LogP contribution in [0.25, 0.3) is 0 Å². The number of fused-ring (bicyclic) bond motifs is 2. The summed E-state index contributed by atoms with van der Waals surface area (Å²) in [6.45, 7) is 0. The number of nitrogens with one attached hydrogen (secondary N) is 1. The number of hydrogen-bond donors (Lipinski definition) is 2. The minimum Gasteiger partial charge on any atom is -0.481 e. The van der Waals surface area contributed by atoms with E-state index in [0.29, 0.717) is 0 Å². The molecule has 0 spiro atoms. The van der Waals surface area contributed by atoms with Gasteiger partial charge < -0.3 is 10.4 Å². The minimum atomic E-state index is -0.819. The van der Waals surface area contributed by atoms with Crippen LogP contribution in [0.5, 0.6) is 0 Å². The Balaban J connectivity index is 1.68. The lowest BCUT2D eigenvalue weighted by Gasteiger charge is -2.28. The zero-order chi connectivity index (χ0) is 13.4. The second-order valence-electron chi connectivity index (χ2n) is 6.18. The molecule has 0 aromatic heterocycles. The molecule has 0 radical (unpaired) electrons. The lowest BCUT2D eigenvalue weighted by molar-refractivity contribution is -0.148. The van der Waals surface area contributed by atoms with Crippen LogP contribution in [0.15, 0.2) is 12.2 Å². The third-order valence-corrected chi connectivity index (χ3v) is 5.00. The van der Waals surface area contributed by atoms with Crippen molar-refractivity contribution in [3.63, 3.8) is 0 Å². The molecule has 19 heavy (non-hydrogen) atoms. The van der Waals surface area contributed by atoms with Gasteiger partial charge in [-0.25, -0.2) is 0 Å². The van der Waals surface area contributed by atoms with Gasteiger partial charge >= 0.3 is 5.97 Å². The Bertz CT molecular complexity index is 412. The summed E-state index contributed by atoms with van der Waals surface area (Å²) in [4.78, 5) is 23.8. The maximum atomic E-state index is 12.4. The van der Waals surface area contributed by atoms with Gasteiger partial charge in [-0.15, -0.1) is 0 Å². The van der Waals surface area contributed by atoms with Crippen LogP contribution >= 0.6 is 0 Å². The van der Waals surface area contributed by atoms with E-state index in [1.807, 2.05) is 12.2 Å². The van der Waals surface area contributed by atoms with Crippen molar-refractivity contribution in [1.82, 2.24) is 5.32 Å². The van der Waals surface area contributed by atoms with Gasteiger partial charge in [-0.1, -0.05) is 31.4 Å². The number of carbonyl (C=O) groups excluding carboxylic acids is 1. The maximum Gasteiger partial charge on any atom is 0.307 e. The fourth-order valence-electron chi connectivity index (χ4n) is 4.06. The second kappa shape index (κ2) is 4.99. The molecule has 4 heteroatoms. The highest BCUT2D eigenvalue weighted by Crippen LogP contribution is 2.48. The zero-order valence-corrected chi connectivity index (χ0v) is 11.0. The predicted octanol–water partition coefficient (Wildman–Crippen LogP) is 1.96. The second-order valence-corrected chi connectivity index (χ2v) is 6.18. The smallest absolute Gasteiger partial charge is 0.307 e. The highest BCUT2D eigenvalue weighted by Gasteiger charge is 2.51. The Morgan fingerprint density at radius 2 is 1.63 bits per heavy atom. The van der Waals surface area contributed by atoms with E-state index in [-0.39, 0.29) is 29.7 Å². The van der Waals surface area contributed by atoms with Crippen molar-refractivity contribution in [2.75, 3.05) is 0 Å². The first-order chi connectivity index (χ1) is 9.16. The Hall–Kier alpha value is -1.32. The summed E-state index contributed by atoms with van der Waals surface area (Å²) in [5.74, 6) is -1.52. The third-order valence-electron chi connectivity index (χ3n) is 5.00. The minimum absolute atomic E-state index is 0.0313. The molecule has 2 unspecified atom stereocenters. The summed E-state index contributed by atoms with van der Waals surface area (Å²) >= 11 is 0. The number of carboxylic acids is 1. The SMILES string of the molecule is O=C(O)[C@@H]1C2C=CC(C2)[C@@H]1C(=O)NC1CCCCC1. The van der Waals surface area contributed by atoms with E-state index in [0.717, 1.165) is 19.3 Å². The molecule has 4 atom stereocenters. The molecule has 2 N–H and O–H groups in total. The van der Waals surface area contributed by atoms with E-state index < -0.39 is 11.9 Å². The van der Waals surface area contributed by atoms with Crippen molar-refractivity contribution in [3.8, 4) is 0 Å². The summed E-state index contributed by atoms with van der Waals surface area (Å²) < 4.78 is 0. The summed E-state index contributed by atoms with van der Waals surface area (Å²) in [7, 11) is 0. The molecule has 4 nitrogen and oxygen atoms in total. The number of aliphatic carboxylic acids is 1. The van der Waals surface area contributed by atoms with Gasteiger partial charge in [0.2, 0.25) is 5.91 Å². The van der Waals surface area contributed by atoms with Crippen molar-refractivity contribution in [1.29, 1.82) is 0 Å². The molecule has 3 rings (SSSR count). The lowest BCUT2D eigenvalue weighted by atomic mass is 9.82. The molecule has 2 saturated carbocycles. The van der Waals surface area contributed by atoms with Crippen LogP contribution in [0.4, 0.5) is 0 Å². The van der Waals surface area contributed by atoms with Crippen LogP contribution in [0.3, 0.4) is 0 Å². The maximum absolute atomic E-state index is 12.4. The van der Waals surface area contributed by atoms with Crippen molar-refractivity contribution in [2.24, 2.45) is 23.7 Å². The quantitative estimate of drug-likeness (QED) is 0.765. The highest BCUT2D eigenvalue weighted by atomic mass is 16.4. The number of allylic oxidation sites excluding steroid dienone is 2. The van der Waals surface area contributed by atoms with E-state index in [4.69, 9.17) is 0 Å². The standard InChI is InChI=1S/C15H21NO3/c17-14(16-11-4-2-1-3-5-11)12-9-6-7-10(8-9)13(12)15(18)19/h6-7,9-13H,1-5,8H2,(H,16,17)(H,18,19)/t9?,10?,12-,13+/m0/s1. The Morgan fingerprint density at radius 3 is 2.26 bits per heavy atom. The summed E-state index contributed by atoms with van der Waals surface area (Å²) in [5, 5.41) is 12.4. The molecule has 0 heterocycles. The normalized spacial score (nSPS) is 37.5. The molecule has 0 saturated heterocycles. The Kier molecular flexibility index (Phi) is 3.33. The average molecular weight is 263 g/mol. The fraction of sp³-hybridized carbons (Fsp3) is 0.733.